The summed E-state index contributed by atoms with van der Waals surface area (Å²) in [6.07, 6.45) is 10.2. The average molecular weight is 434 g/mol. The van der Waals surface area contributed by atoms with Crippen LogP contribution in [0.15, 0.2) is 24.5 Å². The number of pyridine rings is 1. The first-order valence-corrected chi connectivity index (χ1v) is 12.0. The lowest BCUT2D eigenvalue weighted by atomic mass is 9.85. The molecule has 0 bridgehead atoms. The van der Waals surface area contributed by atoms with Crippen molar-refractivity contribution < 1.29 is 0 Å². The summed E-state index contributed by atoms with van der Waals surface area (Å²) >= 11 is 0. The number of fused-ring (bicyclic) bond motifs is 1. The summed E-state index contributed by atoms with van der Waals surface area (Å²) in [6, 6.07) is 4.23. The van der Waals surface area contributed by atoms with E-state index in [0.29, 0.717) is 5.95 Å². The van der Waals surface area contributed by atoms with E-state index in [1.807, 2.05) is 12.4 Å². The Kier molecular flexibility index (Phi) is 5.26. The number of rotatable bonds is 6. The lowest BCUT2D eigenvalue weighted by molar-refractivity contribution is 0.270. The molecule has 0 aromatic carbocycles. The van der Waals surface area contributed by atoms with Gasteiger partial charge in [0.15, 0.2) is 0 Å². The summed E-state index contributed by atoms with van der Waals surface area (Å²) in [5, 5.41) is 12.5. The van der Waals surface area contributed by atoms with Gasteiger partial charge in [0.1, 0.15) is 17.5 Å². The fourth-order valence-corrected chi connectivity index (χ4v) is 4.86. The summed E-state index contributed by atoms with van der Waals surface area (Å²) < 4.78 is 2.12. The maximum Gasteiger partial charge on any atom is 0.232 e. The van der Waals surface area contributed by atoms with Gasteiger partial charge in [-0.1, -0.05) is 6.42 Å². The zero-order valence-electron chi connectivity index (χ0n) is 18.5. The van der Waals surface area contributed by atoms with Crippen LogP contribution in [0, 0.1) is 5.92 Å². The van der Waals surface area contributed by atoms with Crippen molar-refractivity contribution in [3.8, 4) is 0 Å². The van der Waals surface area contributed by atoms with Gasteiger partial charge in [-0.05, 0) is 31.6 Å². The minimum atomic E-state index is 0.611. The van der Waals surface area contributed by atoms with Crippen LogP contribution in [-0.2, 0) is 6.54 Å². The van der Waals surface area contributed by atoms with Crippen molar-refractivity contribution in [2.45, 2.75) is 38.6 Å². The summed E-state index contributed by atoms with van der Waals surface area (Å²) in [7, 11) is 0. The molecule has 0 amide bonds. The normalized spacial score (nSPS) is 19.5. The van der Waals surface area contributed by atoms with Crippen molar-refractivity contribution in [3.63, 3.8) is 0 Å². The molecule has 0 radical (unpaired) electrons. The molecule has 1 aliphatic carbocycles. The number of hydrogen-bond acceptors (Lipinski definition) is 8. The summed E-state index contributed by atoms with van der Waals surface area (Å²) in [6.45, 7) is 6.98. The predicted molar refractivity (Wildman–Crippen MR) is 127 cm³/mol. The quantitative estimate of drug-likeness (QED) is 0.614. The van der Waals surface area contributed by atoms with Gasteiger partial charge in [-0.15, -0.1) is 0 Å². The van der Waals surface area contributed by atoms with Crippen molar-refractivity contribution >= 4 is 34.3 Å². The SMILES string of the molecule is c1c(N2CCCC2)nc(Nc2cc3c(cn2)cnn3CC2CCC2)nc1N1CCNCC1. The second-order valence-electron chi connectivity index (χ2n) is 9.22. The smallest absolute Gasteiger partial charge is 0.232 e. The second-order valence-corrected chi connectivity index (χ2v) is 9.22. The van der Waals surface area contributed by atoms with Crippen LogP contribution in [-0.4, -0.2) is 64.0 Å². The Hall–Kier alpha value is -2.94. The third-order valence-corrected chi connectivity index (χ3v) is 6.99. The highest BCUT2D eigenvalue weighted by atomic mass is 15.3. The van der Waals surface area contributed by atoms with Gasteiger partial charge in [0, 0.05) is 69.5 Å². The van der Waals surface area contributed by atoms with Crippen LogP contribution in [0.2, 0.25) is 0 Å². The van der Waals surface area contributed by atoms with Crippen molar-refractivity contribution in [2.24, 2.45) is 5.92 Å². The van der Waals surface area contributed by atoms with Crippen LogP contribution >= 0.6 is 0 Å². The highest BCUT2D eigenvalue weighted by Crippen LogP contribution is 2.30. The van der Waals surface area contributed by atoms with E-state index in [-0.39, 0.29) is 0 Å². The topological polar surface area (TPSA) is 87.0 Å². The molecule has 0 atom stereocenters. The number of anilines is 4. The molecule has 3 aromatic heterocycles. The van der Waals surface area contributed by atoms with E-state index in [9.17, 15) is 0 Å². The molecule has 9 heteroatoms. The highest BCUT2D eigenvalue weighted by Gasteiger charge is 2.21. The van der Waals surface area contributed by atoms with Crippen LogP contribution < -0.4 is 20.4 Å². The van der Waals surface area contributed by atoms with Gasteiger partial charge in [0.25, 0.3) is 0 Å². The van der Waals surface area contributed by atoms with E-state index in [0.717, 1.165) is 80.1 Å². The Morgan fingerprint density at radius 1 is 0.906 bits per heavy atom. The highest BCUT2D eigenvalue weighted by molar-refractivity contribution is 5.80. The van der Waals surface area contributed by atoms with Crippen LogP contribution in [0.1, 0.15) is 32.1 Å². The van der Waals surface area contributed by atoms with Gasteiger partial charge in [-0.2, -0.15) is 15.1 Å². The zero-order valence-corrected chi connectivity index (χ0v) is 18.5. The zero-order chi connectivity index (χ0) is 21.3. The molecule has 2 aliphatic heterocycles. The Morgan fingerprint density at radius 3 is 2.38 bits per heavy atom. The Balaban J connectivity index is 1.30. The molecule has 3 aromatic rings. The number of aromatic nitrogens is 5. The third kappa shape index (κ3) is 3.97. The van der Waals surface area contributed by atoms with Gasteiger partial charge in [0.05, 0.1) is 11.7 Å². The first-order valence-electron chi connectivity index (χ1n) is 12.0. The van der Waals surface area contributed by atoms with E-state index in [1.165, 1.54) is 32.1 Å². The standard InChI is InChI=1S/C23H31N9/c1-2-9-30(8-1)21-13-22(31-10-6-24-7-11-31)29-23(28-21)27-20-12-19-18(14-25-20)15-26-32(19)16-17-4-3-5-17/h12-15,17,24H,1-11,16H2,(H,25,27,28,29). The molecular weight excluding hydrogens is 402 g/mol. The van der Waals surface area contributed by atoms with Crippen molar-refractivity contribution in [2.75, 3.05) is 54.4 Å². The summed E-state index contributed by atoms with van der Waals surface area (Å²) in [5.41, 5.74) is 1.12. The van der Waals surface area contributed by atoms with Gasteiger partial charge in [-0.25, -0.2) is 4.98 Å². The van der Waals surface area contributed by atoms with Crippen LogP contribution in [0.3, 0.4) is 0 Å². The summed E-state index contributed by atoms with van der Waals surface area (Å²) in [5.74, 6) is 4.12. The summed E-state index contributed by atoms with van der Waals surface area (Å²) in [4.78, 5) is 19.1. The van der Waals surface area contributed by atoms with Gasteiger partial charge in [-0.3, -0.25) is 4.68 Å². The minimum absolute atomic E-state index is 0.611. The Labute approximate surface area is 188 Å². The molecule has 6 rings (SSSR count). The lowest BCUT2D eigenvalue weighted by Gasteiger charge is -2.29. The molecule has 32 heavy (non-hydrogen) atoms. The molecule has 5 heterocycles. The average Bonchev–Trinajstić information content (AvgIpc) is 3.47. The molecule has 1 saturated carbocycles. The van der Waals surface area contributed by atoms with E-state index >= 15 is 0 Å². The lowest BCUT2D eigenvalue weighted by Crippen LogP contribution is -2.44. The number of nitrogens with zero attached hydrogens (tertiary/aromatic N) is 7. The molecule has 0 unspecified atom stereocenters. The minimum Gasteiger partial charge on any atom is -0.356 e. The van der Waals surface area contributed by atoms with Crippen LogP contribution in [0.25, 0.3) is 10.9 Å². The first kappa shape index (κ1) is 19.7. The molecule has 0 spiro atoms. The largest absolute Gasteiger partial charge is 0.356 e. The molecule has 168 valence electrons. The van der Waals surface area contributed by atoms with E-state index in [2.05, 4.69) is 47.3 Å². The van der Waals surface area contributed by atoms with E-state index in [4.69, 9.17) is 9.97 Å². The van der Waals surface area contributed by atoms with Crippen LogP contribution in [0.4, 0.5) is 23.4 Å². The number of hydrogen-bond donors (Lipinski definition) is 2. The van der Waals surface area contributed by atoms with E-state index < -0.39 is 0 Å². The van der Waals surface area contributed by atoms with Gasteiger partial charge >= 0.3 is 0 Å². The van der Waals surface area contributed by atoms with Crippen molar-refractivity contribution in [1.29, 1.82) is 0 Å². The second kappa shape index (κ2) is 8.54. The van der Waals surface area contributed by atoms with Gasteiger partial charge in [0.2, 0.25) is 5.95 Å². The fourth-order valence-electron chi connectivity index (χ4n) is 4.86. The van der Waals surface area contributed by atoms with Crippen LogP contribution in [0.5, 0.6) is 0 Å². The Morgan fingerprint density at radius 2 is 1.66 bits per heavy atom. The Bertz CT molecular complexity index is 1080. The predicted octanol–water partition coefficient (Wildman–Crippen LogP) is 2.77. The molecule has 9 nitrogen and oxygen atoms in total. The molecule has 2 saturated heterocycles. The van der Waals surface area contributed by atoms with Crippen molar-refractivity contribution in [1.82, 2.24) is 30.0 Å². The number of nitrogens with one attached hydrogen (secondary N) is 2. The van der Waals surface area contributed by atoms with E-state index in [1.54, 1.807) is 0 Å². The molecule has 2 N–H and O–H groups in total. The first-order chi connectivity index (χ1) is 15.8. The number of piperazine rings is 1. The molecule has 3 fully saturated rings. The van der Waals surface area contributed by atoms with Crippen molar-refractivity contribution in [3.05, 3.63) is 24.5 Å². The third-order valence-electron chi connectivity index (χ3n) is 6.99. The maximum absolute atomic E-state index is 4.87. The van der Waals surface area contributed by atoms with Gasteiger partial charge < -0.3 is 20.4 Å². The maximum atomic E-state index is 4.87. The molecular formula is C23H31N9. The fraction of sp³-hybridized carbons (Fsp3) is 0.565. The monoisotopic (exact) mass is 433 g/mol. The molecule has 3 aliphatic rings.